The zero-order valence-corrected chi connectivity index (χ0v) is 15.3. The average molecular weight is 384 g/mol. The lowest BCUT2D eigenvalue weighted by molar-refractivity contribution is 0.0962. The largest absolute Gasteiger partial charge is 0.269 e. The number of carbonyl (C=O) groups excluding carboxylic acids is 1. The first-order chi connectivity index (χ1) is 14.2. The fourth-order valence-electron chi connectivity index (χ4n) is 2.80. The number of hydrogen-bond acceptors (Lipinski definition) is 4. The highest BCUT2D eigenvalue weighted by atomic mass is 19.1. The minimum Gasteiger partial charge on any atom is -0.267 e. The van der Waals surface area contributed by atoms with Gasteiger partial charge in [0, 0.05) is 16.7 Å². The molecule has 4 aromatic rings. The van der Waals surface area contributed by atoms with Crippen molar-refractivity contribution in [2.75, 3.05) is 5.43 Å². The maximum Gasteiger partial charge on any atom is 0.269 e. The summed E-state index contributed by atoms with van der Waals surface area (Å²) in [4.78, 5) is 21.3. The number of nitrogens with zero attached hydrogens (tertiary/aromatic N) is 2. The molecule has 4 rings (SSSR count). The van der Waals surface area contributed by atoms with Crippen LogP contribution in [-0.2, 0) is 0 Å². The van der Waals surface area contributed by atoms with Crippen molar-refractivity contribution < 1.29 is 9.18 Å². The van der Waals surface area contributed by atoms with Gasteiger partial charge in [-0.15, -0.1) is 0 Å². The molecule has 0 aliphatic carbocycles. The summed E-state index contributed by atoms with van der Waals surface area (Å²) in [6, 6.07) is 26.3. The van der Waals surface area contributed by atoms with E-state index in [1.54, 1.807) is 36.4 Å². The van der Waals surface area contributed by atoms with Crippen molar-refractivity contribution in [3.8, 4) is 22.5 Å². The van der Waals surface area contributed by atoms with E-state index in [0.717, 1.165) is 11.1 Å². The van der Waals surface area contributed by atoms with Gasteiger partial charge in [-0.25, -0.2) is 14.4 Å². The Kier molecular flexibility index (Phi) is 5.25. The Morgan fingerprint density at radius 2 is 1.28 bits per heavy atom. The third-order valence-corrected chi connectivity index (χ3v) is 4.26. The van der Waals surface area contributed by atoms with E-state index in [4.69, 9.17) is 0 Å². The van der Waals surface area contributed by atoms with Crippen LogP contribution >= 0.6 is 0 Å². The van der Waals surface area contributed by atoms with Crippen molar-refractivity contribution in [3.63, 3.8) is 0 Å². The second-order valence-electron chi connectivity index (χ2n) is 6.28. The summed E-state index contributed by atoms with van der Waals surface area (Å²) < 4.78 is 13.3. The van der Waals surface area contributed by atoms with Crippen LogP contribution in [-0.4, -0.2) is 15.9 Å². The number of anilines is 1. The van der Waals surface area contributed by atoms with E-state index in [9.17, 15) is 9.18 Å². The molecule has 2 N–H and O–H groups in total. The summed E-state index contributed by atoms with van der Waals surface area (Å²) in [5.41, 5.74) is 8.82. The first kappa shape index (κ1) is 18.3. The van der Waals surface area contributed by atoms with E-state index in [0.29, 0.717) is 17.0 Å². The summed E-state index contributed by atoms with van der Waals surface area (Å²) in [5.74, 6) is -0.392. The second-order valence-corrected chi connectivity index (χ2v) is 6.28. The Morgan fingerprint density at radius 1 is 0.724 bits per heavy atom. The molecule has 0 atom stereocenters. The lowest BCUT2D eigenvalue weighted by Gasteiger charge is -2.11. The minimum atomic E-state index is -0.320. The smallest absolute Gasteiger partial charge is 0.267 e. The van der Waals surface area contributed by atoms with Crippen molar-refractivity contribution >= 4 is 11.9 Å². The third kappa shape index (κ3) is 4.44. The molecular formula is C23H17FN4O. The van der Waals surface area contributed by atoms with Crippen LogP contribution < -0.4 is 10.9 Å². The number of hydrazine groups is 1. The molecule has 6 heteroatoms. The van der Waals surface area contributed by atoms with Crippen molar-refractivity contribution in [3.05, 3.63) is 102 Å². The third-order valence-electron chi connectivity index (χ3n) is 4.26. The van der Waals surface area contributed by atoms with Crippen LogP contribution in [0, 0.1) is 5.82 Å². The number of carbonyl (C=O) groups is 1. The topological polar surface area (TPSA) is 66.9 Å². The molecule has 1 heterocycles. The predicted molar refractivity (Wildman–Crippen MR) is 110 cm³/mol. The van der Waals surface area contributed by atoms with Gasteiger partial charge in [0.15, 0.2) is 0 Å². The van der Waals surface area contributed by atoms with Gasteiger partial charge >= 0.3 is 0 Å². The molecule has 0 bridgehead atoms. The normalized spacial score (nSPS) is 10.4. The quantitative estimate of drug-likeness (QED) is 0.489. The minimum absolute atomic E-state index is 0.231. The summed E-state index contributed by atoms with van der Waals surface area (Å²) >= 11 is 0. The van der Waals surface area contributed by atoms with Gasteiger partial charge in [0.25, 0.3) is 5.91 Å². The number of halogens is 1. The van der Waals surface area contributed by atoms with E-state index in [1.807, 2.05) is 42.5 Å². The molecule has 0 spiro atoms. The van der Waals surface area contributed by atoms with Crippen molar-refractivity contribution in [1.82, 2.24) is 15.4 Å². The molecule has 0 fully saturated rings. The van der Waals surface area contributed by atoms with Crippen LogP contribution in [0.5, 0.6) is 0 Å². The molecule has 0 aliphatic rings. The Bertz CT molecular complexity index is 1120. The SMILES string of the molecule is O=C(NNc1nc(-c2ccccc2)cc(-c2ccc(F)cc2)n1)c1ccccc1. The highest BCUT2D eigenvalue weighted by molar-refractivity contribution is 5.94. The Labute approximate surface area is 167 Å². The van der Waals surface area contributed by atoms with Gasteiger partial charge in [0.05, 0.1) is 11.4 Å². The first-order valence-corrected chi connectivity index (χ1v) is 9.01. The highest BCUT2D eigenvalue weighted by Crippen LogP contribution is 2.25. The summed E-state index contributed by atoms with van der Waals surface area (Å²) in [6.45, 7) is 0. The van der Waals surface area contributed by atoms with Crippen LogP contribution in [0.2, 0.25) is 0 Å². The Hall–Kier alpha value is -4.06. The van der Waals surface area contributed by atoms with Gasteiger partial charge in [0.1, 0.15) is 5.82 Å². The summed E-state index contributed by atoms with van der Waals surface area (Å²) in [7, 11) is 0. The highest BCUT2D eigenvalue weighted by Gasteiger charge is 2.10. The van der Waals surface area contributed by atoms with Crippen LogP contribution in [0.15, 0.2) is 91.0 Å². The van der Waals surface area contributed by atoms with Crippen LogP contribution in [0.1, 0.15) is 10.4 Å². The van der Waals surface area contributed by atoms with Gasteiger partial charge in [0.2, 0.25) is 5.95 Å². The van der Waals surface area contributed by atoms with E-state index < -0.39 is 0 Å². The number of rotatable bonds is 5. The molecule has 1 amide bonds. The number of aromatic nitrogens is 2. The summed E-state index contributed by atoms with van der Waals surface area (Å²) in [6.07, 6.45) is 0. The zero-order chi connectivity index (χ0) is 20.1. The zero-order valence-electron chi connectivity index (χ0n) is 15.3. The first-order valence-electron chi connectivity index (χ1n) is 9.01. The van der Waals surface area contributed by atoms with Crippen molar-refractivity contribution in [2.45, 2.75) is 0 Å². The number of nitrogens with one attached hydrogen (secondary N) is 2. The van der Waals surface area contributed by atoms with Crippen molar-refractivity contribution in [2.24, 2.45) is 0 Å². The molecule has 29 heavy (non-hydrogen) atoms. The monoisotopic (exact) mass is 384 g/mol. The van der Waals surface area contributed by atoms with Gasteiger partial charge in [-0.1, -0.05) is 48.5 Å². The number of amides is 1. The van der Waals surface area contributed by atoms with Gasteiger partial charge in [-0.3, -0.25) is 15.6 Å². The predicted octanol–water partition coefficient (Wildman–Crippen LogP) is 4.71. The van der Waals surface area contributed by atoms with Gasteiger partial charge in [-0.05, 0) is 42.5 Å². The average Bonchev–Trinajstić information content (AvgIpc) is 2.79. The Balaban J connectivity index is 1.66. The fraction of sp³-hybridized carbons (Fsp3) is 0. The molecule has 0 aliphatic heterocycles. The van der Waals surface area contributed by atoms with Gasteiger partial charge in [-0.2, -0.15) is 0 Å². The van der Waals surface area contributed by atoms with E-state index in [-0.39, 0.29) is 17.7 Å². The lowest BCUT2D eigenvalue weighted by Crippen LogP contribution is -2.30. The number of hydrogen-bond donors (Lipinski definition) is 2. The maximum absolute atomic E-state index is 13.3. The Morgan fingerprint density at radius 3 is 1.90 bits per heavy atom. The van der Waals surface area contributed by atoms with Crippen LogP contribution in [0.25, 0.3) is 22.5 Å². The lowest BCUT2D eigenvalue weighted by atomic mass is 10.1. The van der Waals surface area contributed by atoms with Crippen molar-refractivity contribution in [1.29, 1.82) is 0 Å². The summed E-state index contributed by atoms with van der Waals surface area (Å²) in [5, 5.41) is 0. The molecule has 142 valence electrons. The molecule has 0 radical (unpaired) electrons. The van der Waals surface area contributed by atoms with Gasteiger partial charge < -0.3 is 0 Å². The molecule has 3 aromatic carbocycles. The van der Waals surface area contributed by atoms with E-state index in [1.165, 1.54) is 12.1 Å². The molecule has 1 aromatic heterocycles. The standard InChI is InChI=1S/C23H17FN4O/c24-19-13-11-17(12-14-19)21-15-20(16-7-3-1-4-8-16)25-23(26-21)28-27-22(29)18-9-5-2-6-10-18/h1-15H,(H,27,29)(H,25,26,28). The fourth-order valence-corrected chi connectivity index (χ4v) is 2.80. The molecule has 0 saturated carbocycles. The second kappa shape index (κ2) is 8.31. The van der Waals surface area contributed by atoms with Crippen LogP contribution in [0.3, 0.4) is 0 Å². The molecule has 0 saturated heterocycles. The van der Waals surface area contributed by atoms with E-state index in [2.05, 4.69) is 20.8 Å². The molecule has 0 unspecified atom stereocenters. The molecule has 5 nitrogen and oxygen atoms in total. The van der Waals surface area contributed by atoms with Crippen LogP contribution in [0.4, 0.5) is 10.3 Å². The van der Waals surface area contributed by atoms with E-state index >= 15 is 0 Å². The number of benzene rings is 3. The molecular weight excluding hydrogens is 367 g/mol. The maximum atomic E-state index is 13.3.